The number of fused-ring (bicyclic) bond motifs is 1. The Morgan fingerprint density at radius 3 is 2.75 bits per heavy atom. The van der Waals surface area contributed by atoms with Crippen molar-refractivity contribution in [1.82, 2.24) is 19.7 Å². The zero-order chi connectivity index (χ0) is 19.7. The van der Waals surface area contributed by atoms with Gasteiger partial charge in [0.1, 0.15) is 0 Å². The second-order valence-corrected chi connectivity index (χ2v) is 7.94. The van der Waals surface area contributed by atoms with Gasteiger partial charge in [0.2, 0.25) is 5.89 Å². The Morgan fingerprint density at radius 1 is 1.18 bits per heavy atom. The zero-order valence-corrected chi connectivity index (χ0v) is 16.9. The third-order valence-corrected chi connectivity index (χ3v) is 5.52. The average Bonchev–Trinajstić information content (AvgIpc) is 3.18. The van der Waals surface area contributed by atoms with Crippen molar-refractivity contribution in [3.8, 4) is 5.69 Å². The van der Waals surface area contributed by atoms with Crippen molar-refractivity contribution in [1.29, 1.82) is 0 Å². The van der Waals surface area contributed by atoms with E-state index in [-0.39, 0.29) is 10.8 Å². The highest BCUT2D eigenvalue weighted by atomic mass is 35.5. The number of rotatable bonds is 5. The lowest BCUT2D eigenvalue weighted by Gasteiger charge is -2.15. The van der Waals surface area contributed by atoms with Crippen LogP contribution in [0, 0.1) is 0 Å². The van der Waals surface area contributed by atoms with E-state index in [1.807, 2.05) is 44.2 Å². The molecule has 4 aromatic rings. The van der Waals surface area contributed by atoms with Gasteiger partial charge in [0.25, 0.3) is 5.56 Å². The van der Waals surface area contributed by atoms with Crippen molar-refractivity contribution in [2.24, 2.45) is 0 Å². The van der Waals surface area contributed by atoms with E-state index in [0.29, 0.717) is 44.9 Å². The summed E-state index contributed by atoms with van der Waals surface area (Å²) in [5.41, 5.74) is 1.15. The van der Waals surface area contributed by atoms with E-state index in [0.717, 1.165) is 0 Å². The van der Waals surface area contributed by atoms with Crippen LogP contribution in [0.25, 0.3) is 16.6 Å². The maximum atomic E-state index is 13.2. The molecule has 0 aliphatic heterocycles. The molecular formula is C20H17ClN4O2S. The van der Waals surface area contributed by atoms with Gasteiger partial charge in [0.15, 0.2) is 11.0 Å². The minimum absolute atomic E-state index is 0.151. The van der Waals surface area contributed by atoms with Crippen LogP contribution in [0.3, 0.4) is 0 Å². The van der Waals surface area contributed by atoms with Crippen molar-refractivity contribution in [3.05, 3.63) is 75.6 Å². The molecule has 0 saturated carbocycles. The van der Waals surface area contributed by atoms with Gasteiger partial charge < -0.3 is 4.52 Å². The second-order valence-electron chi connectivity index (χ2n) is 6.19. The maximum Gasteiger partial charge on any atom is 0.266 e. The van der Waals surface area contributed by atoms with Gasteiger partial charge in [-0.25, -0.2) is 4.98 Å². The molecule has 0 aliphatic rings. The first kappa shape index (κ1) is 18.7. The number of para-hydroxylation sites is 1. The van der Waals surface area contributed by atoms with Gasteiger partial charge in [0, 0.05) is 11.4 Å². The molecule has 0 bridgehead atoms. The van der Waals surface area contributed by atoms with E-state index < -0.39 is 0 Å². The molecule has 0 fully saturated rings. The van der Waals surface area contributed by atoms with Crippen LogP contribution in [-0.4, -0.2) is 19.7 Å². The monoisotopic (exact) mass is 412 g/mol. The Balaban J connectivity index is 1.86. The highest BCUT2D eigenvalue weighted by Crippen LogP contribution is 2.34. The zero-order valence-electron chi connectivity index (χ0n) is 15.3. The first-order valence-electron chi connectivity index (χ1n) is 8.83. The largest absolute Gasteiger partial charge is 0.338 e. The third-order valence-electron chi connectivity index (χ3n) is 4.24. The van der Waals surface area contributed by atoms with Gasteiger partial charge in [-0.05, 0) is 37.3 Å². The molecule has 4 rings (SSSR count). The van der Waals surface area contributed by atoms with E-state index in [4.69, 9.17) is 21.1 Å². The predicted octanol–water partition coefficient (Wildman–Crippen LogP) is 4.84. The van der Waals surface area contributed by atoms with Crippen LogP contribution in [0.4, 0.5) is 0 Å². The first-order chi connectivity index (χ1) is 13.6. The number of halogens is 1. The highest BCUT2D eigenvalue weighted by Gasteiger charge is 2.20. The standard InChI is InChI=1S/C20H17ClN4O2S/c1-3-17-23-18(27-24-17)12(2)28-20-22-16-10-5-4-9-15(16)19(26)25(20)14-8-6-7-13(21)11-14/h4-12H,3H2,1-2H3. The molecule has 0 amide bonds. The van der Waals surface area contributed by atoms with Gasteiger partial charge in [-0.2, -0.15) is 4.98 Å². The van der Waals surface area contributed by atoms with E-state index in [9.17, 15) is 4.79 Å². The van der Waals surface area contributed by atoms with Crippen molar-refractivity contribution < 1.29 is 4.52 Å². The highest BCUT2D eigenvalue weighted by molar-refractivity contribution is 7.99. The smallest absolute Gasteiger partial charge is 0.266 e. The molecule has 1 atom stereocenters. The van der Waals surface area contributed by atoms with Gasteiger partial charge in [-0.1, -0.05) is 53.6 Å². The molecule has 2 aromatic carbocycles. The topological polar surface area (TPSA) is 73.8 Å². The van der Waals surface area contributed by atoms with Crippen LogP contribution in [0.1, 0.15) is 30.8 Å². The molecular weight excluding hydrogens is 396 g/mol. The number of hydrogen-bond acceptors (Lipinski definition) is 6. The number of nitrogens with zero attached hydrogens (tertiary/aromatic N) is 4. The summed E-state index contributed by atoms with van der Waals surface area (Å²) in [6, 6.07) is 14.4. The molecule has 0 saturated heterocycles. The first-order valence-corrected chi connectivity index (χ1v) is 10.1. The van der Waals surface area contributed by atoms with Gasteiger partial charge in [-0.3, -0.25) is 9.36 Å². The third kappa shape index (κ3) is 3.55. The quantitative estimate of drug-likeness (QED) is 0.345. The van der Waals surface area contributed by atoms with Gasteiger partial charge >= 0.3 is 0 Å². The number of aromatic nitrogens is 4. The van der Waals surface area contributed by atoms with Crippen LogP contribution in [0.2, 0.25) is 5.02 Å². The van der Waals surface area contributed by atoms with Crippen LogP contribution in [-0.2, 0) is 6.42 Å². The van der Waals surface area contributed by atoms with E-state index in [2.05, 4.69) is 10.1 Å². The molecule has 1 unspecified atom stereocenters. The van der Waals surface area contributed by atoms with Crippen LogP contribution >= 0.6 is 23.4 Å². The fourth-order valence-corrected chi connectivity index (χ4v) is 3.96. The lowest BCUT2D eigenvalue weighted by molar-refractivity contribution is 0.375. The Hall–Kier alpha value is -2.64. The SMILES string of the molecule is CCc1noc(C(C)Sc2nc3ccccc3c(=O)n2-c2cccc(Cl)c2)n1. The average molecular weight is 413 g/mol. The second kappa shape index (κ2) is 7.77. The Bertz CT molecular complexity index is 1200. The minimum atomic E-state index is -0.175. The van der Waals surface area contributed by atoms with Crippen molar-refractivity contribution >= 4 is 34.3 Å². The molecule has 0 radical (unpaired) electrons. The Labute approximate surface area is 170 Å². The van der Waals surface area contributed by atoms with Crippen molar-refractivity contribution in [2.45, 2.75) is 30.7 Å². The number of benzene rings is 2. The van der Waals surface area contributed by atoms with Gasteiger partial charge in [-0.15, -0.1) is 0 Å². The number of hydrogen-bond donors (Lipinski definition) is 0. The molecule has 0 spiro atoms. The number of thioether (sulfide) groups is 1. The lowest BCUT2D eigenvalue weighted by atomic mass is 10.2. The Morgan fingerprint density at radius 2 is 2.00 bits per heavy atom. The van der Waals surface area contributed by atoms with Crippen LogP contribution in [0.5, 0.6) is 0 Å². The van der Waals surface area contributed by atoms with E-state index >= 15 is 0 Å². The fraction of sp³-hybridized carbons (Fsp3) is 0.200. The van der Waals surface area contributed by atoms with Crippen LogP contribution in [0.15, 0.2) is 63.0 Å². The number of aryl methyl sites for hydroxylation is 1. The summed E-state index contributed by atoms with van der Waals surface area (Å²) in [7, 11) is 0. The molecule has 0 aliphatic carbocycles. The summed E-state index contributed by atoms with van der Waals surface area (Å²) < 4.78 is 6.93. The van der Waals surface area contributed by atoms with E-state index in [1.165, 1.54) is 11.8 Å². The molecule has 0 N–H and O–H groups in total. The van der Waals surface area contributed by atoms with Crippen molar-refractivity contribution in [3.63, 3.8) is 0 Å². The lowest BCUT2D eigenvalue weighted by Crippen LogP contribution is -2.22. The summed E-state index contributed by atoms with van der Waals surface area (Å²) in [6.45, 7) is 3.91. The summed E-state index contributed by atoms with van der Waals surface area (Å²) in [5, 5.41) is 5.41. The summed E-state index contributed by atoms with van der Waals surface area (Å²) in [5.74, 6) is 1.16. The predicted molar refractivity (Wildman–Crippen MR) is 110 cm³/mol. The van der Waals surface area contributed by atoms with Crippen LogP contribution < -0.4 is 5.56 Å². The molecule has 8 heteroatoms. The molecule has 2 aromatic heterocycles. The molecule has 6 nitrogen and oxygen atoms in total. The maximum absolute atomic E-state index is 13.2. The van der Waals surface area contributed by atoms with E-state index in [1.54, 1.807) is 22.8 Å². The summed E-state index contributed by atoms with van der Waals surface area (Å²) in [6.07, 6.45) is 0.697. The molecule has 142 valence electrons. The van der Waals surface area contributed by atoms with Crippen molar-refractivity contribution in [2.75, 3.05) is 0 Å². The summed E-state index contributed by atoms with van der Waals surface area (Å²) in [4.78, 5) is 22.4. The Kier molecular flexibility index (Phi) is 5.19. The minimum Gasteiger partial charge on any atom is -0.338 e. The molecule has 2 heterocycles. The fourth-order valence-electron chi connectivity index (χ4n) is 2.82. The summed E-state index contributed by atoms with van der Waals surface area (Å²) >= 11 is 7.55. The molecule has 28 heavy (non-hydrogen) atoms. The van der Waals surface area contributed by atoms with Gasteiger partial charge in [0.05, 0.1) is 21.8 Å². The normalized spacial score (nSPS) is 12.4.